The molecule has 0 nitrogen and oxygen atoms in total. The molecule has 3 atom stereocenters. The highest BCUT2D eigenvalue weighted by atomic mass is 14.6. The number of hydrogen-bond donors (Lipinski definition) is 0. The SMILES string of the molecule is C=C1CCC[C@]2(C)C(C)CC[C@@]12C. The van der Waals surface area contributed by atoms with Crippen molar-refractivity contribution in [2.75, 3.05) is 0 Å². The van der Waals surface area contributed by atoms with E-state index < -0.39 is 0 Å². The first-order chi connectivity index (χ1) is 6.01. The van der Waals surface area contributed by atoms with Gasteiger partial charge in [0.1, 0.15) is 0 Å². The Morgan fingerprint density at radius 1 is 1.31 bits per heavy atom. The molecule has 0 heteroatoms. The predicted octanol–water partition coefficient (Wildman–Crippen LogP) is 4.17. The molecule has 0 heterocycles. The molecule has 13 heavy (non-hydrogen) atoms. The van der Waals surface area contributed by atoms with Crippen LogP contribution in [0.4, 0.5) is 0 Å². The van der Waals surface area contributed by atoms with Crippen molar-refractivity contribution < 1.29 is 0 Å². The van der Waals surface area contributed by atoms with E-state index in [0.29, 0.717) is 10.8 Å². The average molecular weight is 178 g/mol. The highest BCUT2D eigenvalue weighted by Gasteiger charge is 2.54. The van der Waals surface area contributed by atoms with Crippen LogP contribution < -0.4 is 0 Å². The zero-order valence-electron chi connectivity index (χ0n) is 9.32. The van der Waals surface area contributed by atoms with Gasteiger partial charge in [0.05, 0.1) is 0 Å². The van der Waals surface area contributed by atoms with Crippen molar-refractivity contribution in [3.8, 4) is 0 Å². The Kier molecular flexibility index (Phi) is 1.87. The quantitative estimate of drug-likeness (QED) is 0.488. The van der Waals surface area contributed by atoms with Gasteiger partial charge < -0.3 is 0 Å². The van der Waals surface area contributed by atoms with Crippen LogP contribution in [-0.2, 0) is 0 Å². The second kappa shape index (κ2) is 2.62. The molecule has 0 aromatic rings. The summed E-state index contributed by atoms with van der Waals surface area (Å²) in [5, 5.41) is 0. The lowest BCUT2D eigenvalue weighted by molar-refractivity contribution is 0.0687. The lowest BCUT2D eigenvalue weighted by Crippen LogP contribution is -2.40. The van der Waals surface area contributed by atoms with E-state index in [1.54, 1.807) is 0 Å². The van der Waals surface area contributed by atoms with Crippen molar-refractivity contribution >= 4 is 0 Å². The van der Waals surface area contributed by atoms with Gasteiger partial charge in [-0.05, 0) is 48.9 Å². The zero-order chi connectivity index (χ0) is 9.69. The van der Waals surface area contributed by atoms with Gasteiger partial charge in [0.25, 0.3) is 0 Å². The fourth-order valence-corrected chi connectivity index (χ4v) is 3.70. The normalized spacial score (nSPS) is 50.7. The fourth-order valence-electron chi connectivity index (χ4n) is 3.70. The van der Waals surface area contributed by atoms with Gasteiger partial charge in [-0.3, -0.25) is 0 Å². The summed E-state index contributed by atoms with van der Waals surface area (Å²) in [6, 6.07) is 0. The molecular weight excluding hydrogens is 156 g/mol. The Morgan fingerprint density at radius 3 is 2.62 bits per heavy atom. The maximum absolute atomic E-state index is 4.31. The Hall–Kier alpha value is -0.260. The number of allylic oxidation sites excluding steroid dienone is 1. The standard InChI is InChI=1S/C13H22/c1-10-6-5-8-12(3)11(2)7-9-13(10,12)4/h11H,1,5-9H2,2-4H3/t11?,12-,13+/m1/s1. The largest absolute Gasteiger partial charge is 0.0993 e. The van der Waals surface area contributed by atoms with E-state index in [0.717, 1.165) is 5.92 Å². The van der Waals surface area contributed by atoms with Gasteiger partial charge in [-0.2, -0.15) is 0 Å². The van der Waals surface area contributed by atoms with Crippen molar-refractivity contribution in [2.24, 2.45) is 16.7 Å². The molecule has 0 aliphatic heterocycles. The van der Waals surface area contributed by atoms with Crippen LogP contribution in [0.1, 0.15) is 52.9 Å². The zero-order valence-corrected chi connectivity index (χ0v) is 9.32. The maximum atomic E-state index is 4.31. The molecule has 1 unspecified atom stereocenters. The highest BCUT2D eigenvalue weighted by molar-refractivity contribution is 5.21. The molecule has 0 saturated heterocycles. The van der Waals surface area contributed by atoms with E-state index in [-0.39, 0.29) is 0 Å². The van der Waals surface area contributed by atoms with Crippen molar-refractivity contribution in [3.05, 3.63) is 12.2 Å². The second-order valence-corrected chi connectivity index (χ2v) is 5.65. The molecule has 2 aliphatic carbocycles. The van der Waals surface area contributed by atoms with Crippen molar-refractivity contribution in [1.82, 2.24) is 0 Å². The summed E-state index contributed by atoms with van der Waals surface area (Å²) in [4.78, 5) is 0. The molecular formula is C13H22. The Bertz CT molecular complexity index is 240. The first-order valence-electron chi connectivity index (χ1n) is 5.69. The van der Waals surface area contributed by atoms with E-state index in [1.165, 1.54) is 37.7 Å². The summed E-state index contributed by atoms with van der Waals surface area (Å²) < 4.78 is 0. The lowest BCUT2D eigenvalue weighted by Gasteiger charge is -2.49. The molecule has 2 rings (SSSR count). The van der Waals surface area contributed by atoms with Crippen LogP contribution >= 0.6 is 0 Å². The Morgan fingerprint density at radius 2 is 2.00 bits per heavy atom. The van der Waals surface area contributed by atoms with E-state index >= 15 is 0 Å². The summed E-state index contributed by atoms with van der Waals surface area (Å²) in [7, 11) is 0. The summed E-state index contributed by atoms with van der Waals surface area (Å²) in [6.07, 6.45) is 6.85. The van der Waals surface area contributed by atoms with Crippen LogP contribution in [0, 0.1) is 16.7 Å². The van der Waals surface area contributed by atoms with Gasteiger partial charge in [0.15, 0.2) is 0 Å². The molecule has 2 fully saturated rings. The monoisotopic (exact) mass is 178 g/mol. The van der Waals surface area contributed by atoms with E-state index in [1.807, 2.05) is 0 Å². The summed E-state index contributed by atoms with van der Waals surface area (Å²) in [5.74, 6) is 0.898. The van der Waals surface area contributed by atoms with Crippen molar-refractivity contribution in [2.45, 2.75) is 52.9 Å². The number of fused-ring (bicyclic) bond motifs is 1. The van der Waals surface area contributed by atoms with Gasteiger partial charge >= 0.3 is 0 Å². The van der Waals surface area contributed by atoms with E-state index in [4.69, 9.17) is 0 Å². The smallest absolute Gasteiger partial charge is 0.00627 e. The Balaban J connectivity index is 2.40. The van der Waals surface area contributed by atoms with Crippen LogP contribution in [0.3, 0.4) is 0 Å². The molecule has 0 aromatic carbocycles. The molecule has 0 spiro atoms. The molecule has 0 N–H and O–H groups in total. The number of rotatable bonds is 0. The molecule has 0 amide bonds. The average Bonchev–Trinajstić information content (AvgIpc) is 2.31. The van der Waals surface area contributed by atoms with Crippen LogP contribution in [0.2, 0.25) is 0 Å². The maximum Gasteiger partial charge on any atom is -0.00627 e. The minimum absolute atomic E-state index is 0.463. The summed E-state index contributed by atoms with van der Waals surface area (Å²) in [6.45, 7) is 11.7. The van der Waals surface area contributed by atoms with Crippen molar-refractivity contribution in [1.29, 1.82) is 0 Å². The van der Waals surface area contributed by atoms with Gasteiger partial charge in [-0.15, -0.1) is 0 Å². The molecule has 0 aromatic heterocycles. The predicted molar refractivity (Wildman–Crippen MR) is 57.6 cm³/mol. The van der Waals surface area contributed by atoms with Gasteiger partial charge in [-0.1, -0.05) is 32.9 Å². The first-order valence-corrected chi connectivity index (χ1v) is 5.69. The van der Waals surface area contributed by atoms with Crippen LogP contribution in [-0.4, -0.2) is 0 Å². The fraction of sp³-hybridized carbons (Fsp3) is 0.846. The third-order valence-corrected chi connectivity index (χ3v) is 5.38. The van der Waals surface area contributed by atoms with Gasteiger partial charge in [0, 0.05) is 0 Å². The lowest BCUT2D eigenvalue weighted by atomic mass is 9.55. The molecule has 74 valence electrons. The molecule has 0 radical (unpaired) electrons. The van der Waals surface area contributed by atoms with Crippen LogP contribution in [0.15, 0.2) is 12.2 Å². The highest BCUT2D eigenvalue weighted by Crippen LogP contribution is 2.64. The van der Waals surface area contributed by atoms with E-state index in [2.05, 4.69) is 27.4 Å². The minimum atomic E-state index is 0.463. The second-order valence-electron chi connectivity index (χ2n) is 5.65. The topological polar surface area (TPSA) is 0 Å². The first kappa shape index (κ1) is 9.30. The van der Waals surface area contributed by atoms with Crippen molar-refractivity contribution in [3.63, 3.8) is 0 Å². The minimum Gasteiger partial charge on any atom is -0.0993 e. The van der Waals surface area contributed by atoms with Crippen LogP contribution in [0.5, 0.6) is 0 Å². The molecule has 0 bridgehead atoms. The van der Waals surface area contributed by atoms with Crippen LogP contribution in [0.25, 0.3) is 0 Å². The summed E-state index contributed by atoms with van der Waals surface area (Å²) in [5.41, 5.74) is 2.55. The third-order valence-electron chi connectivity index (χ3n) is 5.38. The number of hydrogen-bond acceptors (Lipinski definition) is 0. The van der Waals surface area contributed by atoms with Gasteiger partial charge in [-0.25, -0.2) is 0 Å². The molecule has 2 aliphatic rings. The third kappa shape index (κ3) is 0.978. The molecule has 2 saturated carbocycles. The Labute approximate surface area is 82.4 Å². The van der Waals surface area contributed by atoms with E-state index in [9.17, 15) is 0 Å². The summed E-state index contributed by atoms with van der Waals surface area (Å²) >= 11 is 0. The van der Waals surface area contributed by atoms with Gasteiger partial charge in [0.2, 0.25) is 0 Å².